The summed E-state index contributed by atoms with van der Waals surface area (Å²) >= 11 is 14.2. The minimum Gasteiger partial charge on any atom is -0.508 e. The number of nitrogens with one attached hydrogen (secondary N) is 7. The maximum Gasteiger partial charge on any atom is 0.330 e. The number of ether oxygens (including phenoxy) is 4. The number of nitrogens with two attached hydrogens (primary N) is 2. The topological polar surface area (TPSA) is 512 Å². The Bertz CT molecular complexity index is 4080. The molecule has 2 aliphatic carbocycles. The summed E-state index contributed by atoms with van der Waals surface area (Å²) in [4.78, 5) is 117. The predicted octanol–water partition coefficient (Wildman–Crippen LogP) is 1.86. The lowest BCUT2D eigenvalue weighted by Gasteiger charge is -2.47. The summed E-state index contributed by atoms with van der Waals surface area (Å²) in [5, 5.41) is 131. The number of amides is 7. The van der Waals surface area contributed by atoms with Crippen LogP contribution in [0.4, 0.5) is 0 Å². The zero-order valence-corrected chi connectivity index (χ0v) is 57.7. The maximum absolute atomic E-state index is 16.0. The summed E-state index contributed by atoms with van der Waals surface area (Å²) in [5.41, 5.74) is 8.49. The van der Waals surface area contributed by atoms with Crippen molar-refractivity contribution < 1.29 is 108 Å². The second-order valence-corrected chi connectivity index (χ2v) is 27.6. The highest BCUT2D eigenvalue weighted by Crippen LogP contribution is 2.50. The standard InChI is InChI=1S/C68H79Cl2N9O22.ClH/c1-25(2)12-38(73-5)61(90)78-52-54(85)28-7-10-42(36(69)15-28)99-44-17-30-18-45(58(44)101-46-19-31(24-80)56(87)57(88)59(46)98-33-13-26(3)60(89)68(4,72)23-33)100-43-11-8-29(16-37(43)70)55(86)53-66(95)77-51(67(96)97)35-20-32(81)21-41(83)48(35)34-14-27(6-9-40(34)82)49(63(92)79-53)76-64(93)50(30)75-62(91)39(22-47(71)84)74-65(52)94;/h6-11,14-18,20-21,25-26,31,33,38-39,46,49-57,59-60,73,80-83,85-89H,12-13,19,22-24,72H2,1-5H3,(H2,71,84)(H,74,94)(H,75,91)(H,76,93)(H,77,95)(H,78,90)(H,79,92)(H,96,97);1H/t26?,31?,33?,38-,39+,46?,49-,50-,51+,52-,53+,54-,55-,56?,57?,59?,60?,68?;/m1./s1. The average molecular weight is 1480 g/mol. The Morgan fingerprint density at radius 3 is 1.89 bits per heavy atom. The molecule has 5 aliphatic heterocycles. The summed E-state index contributed by atoms with van der Waals surface area (Å²) in [6.07, 6.45) is -13.4. The lowest BCUT2D eigenvalue weighted by atomic mass is 9.74. The third kappa shape index (κ3) is 16.3. The summed E-state index contributed by atoms with van der Waals surface area (Å²) in [6, 6.07) is -0.0111. The third-order valence-electron chi connectivity index (χ3n) is 18.8. The zero-order valence-electron chi connectivity index (χ0n) is 55.3. The minimum atomic E-state index is -2.30. The van der Waals surface area contributed by atoms with E-state index in [0.717, 1.165) is 48.5 Å². The fraction of sp³-hybridized carbons (Fsp3) is 0.441. The van der Waals surface area contributed by atoms with E-state index in [0.29, 0.717) is 0 Å². The second kappa shape index (κ2) is 31.4. The number of hydrogen-bond acceptors (Lipinski definition) is 23. The van der Waals surface area contributed by atoms with Gasteiger partial charge in [0.2, 0.25) is 47.1 Å². The molecule has 0 aromatic heterocycles. The molecule has 5 aromatic carbocycles. The highest BCUT2D eigenvalue weighted by atomic mass is 35.5. The number of phenolic OH excluding ortho intramolecular Hbond substituents is 3. The van der Waals surface area contributed by atoms with E-state index in [9.17, 15) is 75.0 Å². The maximum atomic E-state index is 16.0. The number of fused-ring (bicyclic) bond motifs is 15. The van der Waals surface area contributed by atoms with E-state index < -0.39 is 231 Å². The first-order chi connectivity index (χ1) is 47.7. The lowest BCUT2D eigenvalue weighted by Crippen LogP contribution is -2.61. The number of aromatic hydroxyl groups is 3. The van der Waals surface area contributed by atoms with Crippen LogP contribution in [0.1, 0.15) is 118 Å². The van der Waals surface area contributed by atoms with Crippen molar-refractivity contribution >= 4 is 82.9 Å². The molecule has 31 nitrogen and oxygen atoms in total. The molecule has 34 heteroatoms. The van der Waals surface area contributed by atoms with Crippen LogP contribution in [0.25, 0.3) is 11.1 Å². The van der Waals surface area contributed by atoms with E-state index in [1.807, 2.05) is 13.8 Å². The number of rotatable bonds is 13. The van der Waals surface area contributed by atoms with Crippen LogP contribution in [0, 0.1) is 17.8 Å². The van der Waals surface area contributed by atoms with Gasteiger partial charge in [0.15, 0.2) is 17.5 Å². The number of benzene rings is 5. The van der Waals surface area contributed by atoms with E-state index in [2.05, 4.69) is 37.2 Å². The molecular weight excluding hydrogens is 1400 g/mol. The van der Waals surface area contributed by atoms with E-state index in [4.69, 9.17) is 53.6 Å². The zero-order chi connectivity index (χ0) is 73.5. The SMILES string of the molecule is CN[C@H](CC(C)C)C(=O)N[C@H]1C(=O)N[C@@H](CC(N)=O)C(=O)N[C@H]2C(=O)N[C@H]3C(=O)N[C@H](C(=O)N[C@H](C(=O)O)c4cc(O)cc(O)c4-c4cc3ccc4O)[C@H](O)c3ccc(c(Cl)c3)Oc3cc2cc(c3OC2CC(CO)C(O)C(O)C2OC2CC(C)C(O)C(C)(N)C2)Oc2ccc(cc2Cl)[C@H]1O.Cl. The minimum absolute atomic E-state index is 0. The Morgan fingerprint density at radius 1 is 0.716 bits per heavy atom. The van der Waals surface area contributed by atoms with Crippen molar-refractivity contribution in [2.75, 3.05) is 13.7 Å². The van der Waals surface area contributed by atoms with Gasteiger partial charge < -0.3 is 119 Å². The number of carboxylic acids is 1. The lowest BCUT2D eigenvalue weighted by molar-refractivity contribution is -0.204. The van der Waals surface area contributed by atoms with Crippen molar-refractivity contribution in [2.45, 2.75) is 156 Å². The number of aliphatic carboxylic acids is 1. The normalized spacial score (nSPS) is 29.1. The Morgan fingerprint density at radius 2 is 1.31 bits per heavy atom. The number of carboxylic acid groups (broad SMARTS) is 1. The number of likely N-dealkylation sites (N-methyl/N-ethyl adjacent to an activating group) is 1. The molecule has 12 rings (SSSR count). The number of aliphatic hydroxyl groups excluding tert-OH is 6. The summed E-state index contributed by atoms with van der Waals surface area (Å²) in [5.74, 6) is -16.8. The molecule has 0 saturated heterocycles. The Labute approximate surface area is 598 Å². The number of hydrogen-bond donors (Lipinski definition) is 19. The Balaban J connectivity index is 0.0000121. The van der Waals surface area contributed by atoms with Crippen molar-refractivity contribution in [1.82, 2.24) is 37.2 Å². The van der Waals surface area contributed by atoms with Crippen LogP contribution >= 0.6 is 35.6 Å². The van der Waals surface area contributed by atoms with Crippen molar-refractivity contribution in [1.29, 1.82) is 0 Å². The molecule has 102 heavy (non-hydrogen) atoms. The number of aliphatic hydroxyl groups is 6. The molecule has 7 aliphatic rings. The molecule has 0 spiro atoms. The molecule has 2 fully saturated rings. The van der Waals surface area contributed by atoms with Gasteiger partial charge in [0.1, 0.15) is 89.5 Å². The molecule has 21 N–H and O–H groups in total. The molecule has 5 aromatic rings. The van der Waals surface area contributed by atoms with E-state index >= 15 is 14.4 Å². The van der Waals surface area contributed by atoms with Crippen molar-refractivity contribution in [3.8, 4) is 57.1 Å². The highest BCUT2D eigenvalue weighted by molar-refractivity contribution is 6.32. The molecule has 0 radical (unpaired) electrons. The van der Waals surface area contributed by atoms with Gasteiger partial charge in [-0.3, -0.25) is 33.6 Å². The van der Waals surface area contributed by atoms with Gasteiger partial charge in [-0.25, -0.2) is 4.79 Å². The molecule has 18 atom stereocenters. The predicted molar refractivity (Wildman–Crippen MR) is 363 cm³/mol. The van der Waals surface area contributed by atoms with Crippen LogP contribution in [-0.2, 0) is 43.1 Å². The van der Waals surface area contributed by atoms with E-state index in [-0.39, 0.29) is 77.2 Å². The van der Waals surface area contributed by atoms with Crippen LogP contribution in [0.5, 0.6) is 46.0 Å². The van der Waals surface area contributed by atoms with Crippen LogP contribution < -0.4 is 62.9 Å². The van der Waals surface area contributed by atoms with Gasteiger partial charge in [-0.2, -0.15) is 0 Å². The first-order valence-electron chi connectivity index (χ1n) is 32.3. The second-order valence-electron chi connectivity index (χ2n) is 26.8. The van der Waals surface area contributed by atoms with Crippen molar-refractivity contribution in [3.05, 3.63) is 117 Å². The third-order valence-corrected chi connectivity index (χ3v) is 19.3. The van der Waals surface area contributed by atoms with Gasteiger partial charge in [0.25, 0.3) is 0 Å². The van der Waals surface area contributed by atoms with E-state index in [1.165, 1.54) is 37.4 Å². The van der Waals surface area contributed by atoms with Crippen molar-refractivity contribution in [2.24, 2.45) is 29.2 Å². The Hall–Kier alpha value is -8.83. The number of carbonyl (C=O) groups excluding carboxylic acids is 7. The summed E-state index contributed by atoms with van der Waals surface area (Å²) in [7, 11) is 1.48. The molecule has 5 heterocycles. The summed E-state index contributed by atoms with van der Waals surface area (Å²) in [6.45, 7) is 6.30. The Kier molecular flexibility index (Phi) is 23.8. The highest BCUT2D eigenvalue weighted by Gasteiger charge is 2.50. The molecule has 550 valence electrons. The number of primary amides is 1. The number of halogens is 3. The quantitative estimate of drug-likeness (QED) is 0.0800. The molecule has 7 amide bonds. The van der Waals surface area contributed by atoms with Crippen molar-refractivity contribution in [3.63, 3.8) is 0 Å². The monoisotopic (exact) mass is 1480 g/mol. The van der Waals surface area contributed by atoms with Gasteiger partial charge in [0.05, 0.1) is 40.8 Å². The van der Waals surface area contributed by atoms with Crippen LogP contribution in [0.15, 0.2) is 78.9 Å². The van der Waals surface area contributed by atoms with Crippen LogP contribution in [0.3, 0.4) is 0 Å². The van der Waals surface area contributed by atoms with Gasteiger partial charge >= 0.3 is 5.97 Å². The fourth-order valence-electron chi connectivity index (χ4n) is 13.5. The average Bonchev–Trinajstić information content (AvgIpc) is 0.777. The molecule has 2 saturated carbocycles. The molecular formula is C68H80Cl3N9O22. The first-order valence-corrected chi connectivity index (χ1v) is 33.1. The molecule has 9 unspecified atom stereocenters. The fourth-order valence-corrected chi connectivity index (χ4v) is 14.0. The van der Waals surface area contributed by atoms with Gasteiger partial charge in [-0.15, -0.1) is 12.4 Å². The summed E-state index contributed by atoms with van der Waals surface area (Å²) < 4.78 is 27.0. The van der Waals surface area contributed by atoms with Gasteiger partial charge in [-0.05, 0) is 128 Å². The number of carbonyl (C=O) groups is 8. The van der Waals surface area contributed by atoms with Gasteiger partial charge in [0, 0.05) is 40.8 Å². The van der Waals surface area contributed by atoms with Crippen LogP contribution in [-0.4, -0.2) is 178 Å². The largest absolute Gasteiger partial charge is 0.508 e. The van der Waals surface area contributed by atoms with Crippen LogP contribution in [0.2, 0.25) is 10.0 Å². The first kappa shape index (κ1) is 77.3. The van der Waals surface area contributed by atoms with Gasteiger partial charge in [-0.1, -0.05) is 62.2 Å². The van der Waals surface area contributed by atoms with E-state index in [1.54, 1.807) is 13.8 Å². The smallest absolute Gasteiger partial charge is 0.330 e. The number of phenols is 3. The molecule has 11 bridgehead atoms.